The van der Waals surface area contributed by atoms with Crippen LogP contribution in [0.3, 0.4) is 0 Å². The second kappa shape index (κ2) is 13.3. The fourth-order valence-electron chi connectivity index (χ4n) is 3.92. The molecule has 0 aliphatic heterocycles. The first-order valence-corrected chi connectivity index (χ1v) is 12.8. The molecule has 0 unspecified atom stereocenters. The number of halogens is 2. The van der Waals surface area contributed by atoms with Gasteiger partial charge in [-0.05, 0) is 66.8 Å². The number of carbonyl (C=O) groups is 2. The van der Waals surface area contributed by atoms with Gasteiger partial charge in [0.05, 0.1) is 0 Å². The van der Waals surface area contributed by atoms with E-state index in [4.69, 9.17) is 27.9 Å². The summed E-state index contributed by atoms with van der Waals surface area (Å²) in [5.41, 5.74) is 3.58. The minimum Gasteiger partial charge on any atom is -0.484 e. The summed E-state index contributed by atoms with van der Waals surface area (Å²) in [6.45, 7) is 6.35. The summed E-state index contributed by atoms with van der Waals surface area (Å²) in [4.78, 5) is 28.5. The summed E-state index contributed by atoms with van der Waals surface area (Å²) < 4.78 is 5.88. The van der Waals surface area contributed by atoms with Crippen molar-refractivity contribution in [1.29, 1.82) is 0 Å². The molecule has 0 heterocycles. The first-order valence-electron chi connectivity index (χ1n) is 12.0. The number of amides is 2. The Labute approximate surface area is 223 Å². The predicted octanol–water partition coefficient (Wildman–Crippen LogP) is 6.16. The molecule has 0 saturated heterocycles. The number of nitrogens with one attached hydrogen (secondary N) is 1. The third kappa shape index (κ3) is 7.74. The molecule has 1 atom stereocenters. The average molecular weight is 527 g/mol. The maximum absolute atomic E-state index is 13.6. The monoisotopic (exact) mass is 526 g/mol. The van der Waals surface area contributed by atoms with E-state index in [1.807, 2.05) is 75.4 Å². The molecular weight excluding hydrogens is 495 g/mol. The highest BCUT2D eigenvalue weighted by Gasteiger charge is 2.30. The van der Waals surface area contributed by atoms with Crippen molar-refractivity contribution in [1.82, 2.24) is 10.2 Å². The summed E-state index contributed by atoms with van der Waals surface area (Å²) in [6, 6.07) is 19.9. The van der Waals surface area contributed by atoms with Crippen LogP contribution in [0.25, 0.3) is 0 Å². The standard InChI is InChI=1S/C29H32Cl2N2O3/c1-4-14-32-29(35)26(17-22-8-6-5-7-9-22)33(18-23-10-12-24(30)13-11-23)27(34)19-36-25-15-20(2)28(31)21(3)16-25/h5-13,15-16,26H,4,14,17-19H2,1-3H3,(H,32,35)/t26-/m1/s1. The second-order valence-electron chi connectivity index (χ2n) is 8.80. The molecule has 3 rings (SSSR count). The van der Waals surface area contributed by atoms with E-state index in [9.17, 15) is 9.59 Å². The highest BCUT2D eigenvalue weighted by molar-refractivity contribution is 6.32. The zero-order chi connectivity index (χ0) is 26.1. The van der Waals surface area contributed by atoms with Gasteiger partial charge < -0.3 is 15.0 Å². The number of nitrogens with zero attached hydrogens (tertiary/aromatic N) is 1. The third-order valence-electron chi connectivity index (χ3n) is 5.86. The fraction of sp³-hybridized carbons (Fsp3) is 0.310. The molecular formula is C29H32Cl2N2O3. The Morgan fingerprint density at radius 3 is 2.19 bits per heavy atom. The van der Waals surface area contributed by atoms with Crippen molar-refractivity contribution in [3.8, 4) is 5.75 Å². The molecule has 3 aromatic rings. The van der Waals surface area contributed by atoms with Crippen molar-refractivity contribution in [2.45, 2.75) is 46.2 Å². The number of aryl methyl sites for hydroxylation is 2. The van der Waals surface area contributed by atoms with Gasteiger partial charge in [0.2, 0.25) is 5.91 Å². The zero-order valence-corrected chi connectivity index (χ0v) is 22.4. The van der Waals surface area contributed by atoms with Crippen LogP contribution in [0.4, 0.5) is 0 Å². The molecule has 0 spiro atoms. The average Bonchev–Trinajstić information content (AvgIpc) is 2.88. The van der Waals surface area contributed by atoms with Gasteiger partial charge >= 0.3 is 0 Å². The summed E-state index contributed by atoms with van der Waals surface area (Å²) in [7, 11) is 0. The van der Waals surface area contributed by atoms with Gasteiger partial charge in [0.1, 0.15) is 11.8 Å². The maximum atomic E-state index is 13.6. The minimum absolute atomic E-state index is 0.193. The van der Waals surface area contributed by atoms with E-state index in [-0.39, 0.29) is 25.0 Å². The topological polar surface area (TPSA) is 58.6 Å². The SMILES string of the molecule is CCCNC(=O)[C@@H](Cc1ccccc1)N(Cc1ccc(Cl)cc1)C(=O)COc1cc(C)c(Cl)c(C)c1. The lowest BCUT2D eigenvalue weighted by atomic mass is 10.0. The van der Waals surface area contributed by atoms with E-state index >= 15 is 0 Å². The van der Waals surface area contributed by atoms with Crippen LogP contribution in [0, 0.1) is 13.8 Å². The summed E-state index contributed by atoms with van der Waals surface area (Å²) >= 11 is 12.3. The Balaban J connectivity index is 1.90. The zero-order valence-electron chi connectivity index (χ0n) is 20.9. The van der Waals surface area contributed by atoms with Crippen molar-refractivity contribution in [2.24, 2.45) is 0 Å². The van der Waals surface area contributed by atoms with Gasteiger partial charge in [-0.25, -0.2) is 0 Å². The summed E-state index contributed by atoms with van der Waals surface area (Å²) in [5, 5.41) is 4.25. The molecule has 0 aromatic heterocycles. The highest BCUT2D eigenvalue weighted by Crippen LogP contribution is 2.26. The molecule has 3 aromatic carbocycles. The Bertz CT molecular complexity index is 1140. The van der Waals surface area contributed by atoms with Crippen molar-refractivity contribution < 1.29 is 14.3 Å². The Kier molecular flexibility index (Phi) is 10.2. The molecule has 190 valence electrons. The largest absolute Gasteiger partial charge is 0.484 e. The first-order chi connectivity index (χ1) is 17.3. The molecule has 7 heteroatoms. The van der Waals surface area contributed by atoms with Crippen LogP contribution < -0.4 is 10.1 Å². The van der Waals surface area contributed by atoms with E-state index in [1.165, 1.54) is 0 Å². The molecule has 1 N–H and O–H groups in total. The number of hydrogen-bond acceptors (Lipinski definition) is 3. The van der Waals surface area contributed by atoms with E-state index in [0.717, 1.165) is 28.7 Å². The van der Waals surface area contributed by atoms with Crippen molar-refractivity contribution in [2.75, 3.05) is 13.2 Å². The Morgan fingerprint density at radius 2 is 1.58 bits per heavy atom. The van der Waals surface area contributed by atoms with E-state index in [2.05, 4.69) is 5.32 Å². The Morgan fingerprint density at radius 1 is 0.944 bits per heavy atom. The smallest absolute Gasteiger partial charge is 0.261 e. The lowest BCUT2D eigenvalue weighted by molar-refractivity contribution is -0.142. The quantitative estimate of drug-likeness (QED) is 0.325. The Hall–Kier alpha value is -3.02. The van der Waals surface area contributed by atoms with Crippen LogP contribution >= 0.6 is 23.2 Å². The van der Waals surface area contributed by atoms with Gasteiger partial charge in [-0.1, -0.05) is 72.6 Å². The predicted molar refractivity (Wildman–Crippen MR) is 146 cm³/mol. The second-order valence-corrected chi connectivity index (χ2v) is 9.62. The normalized spacial score (nSPS) is 11.6. The van der Waals surface area contributed by atoms with E-state index < -0.39 is 6.04 Å². The number of benzene rings is 3. The third-order valence-corrected chi connectivity index (χ3v) is 6.71. The minimum atomic E-state index is -0.709. The van der Waals surface area contributed by atoms with Gasteiger partial charge in [-0.15, -0.1) is 0 Å². The van der Waals surface area contributed by atoms with Crippen LogP contribution in [-0.4, -0.2) is 35.9 Å². The number of hydrogen-bond donors (Lipinski definition) is 1. The lowest BCUT2D eigenvalue weighted by Crippen LogP contribution is -2.51. The molecule has 2 amide bonds. The lowest BCUT2D eigenvalue weighted by Gasteiger charge is -2.31. The first kappa shape index (κ1) is 27.6. The van der Waals surface area contributed by atoms with Gasteiger partial charge in [0.25, 0.3) is 5.91 Å². The fourth-order valence-corrected chi connectivity index (χ4v) is 4.16. The maximum Gasteiger partial charge on any atom is 0.261 e. The molecule has 0 radical (unpaired) electrons. The van der Waals surface area contributed by atoms with Crippen LogP contribution in [0.15, 0.2) is 66.7 Å². The molecule has 0 aliphatic carbocycles. The van der Waals surface area contributed by atoms with Crippen molar-refractivity contribution in [3.05, 3.63) is 99.0 Å². The molecule has 0 saturated carbocycles. The van der Waals surface area contributed by atoms with Crippen LogP contribution in [0.1, 0.15) is 35.6 Å². The van der Waals surface area contributed by atoms with Crippen molar-refractivity contribution in [3.63, 3.8) is 0 Å². The summed E-state index contributed by atoms with van der Waals surface area (Å²) in [6.07, 6.45) is 1.18. The van der Waals surface area contributed by atoms with Crippen LogP contribution in [0.5, 0.6) is 5.75 Å². The van der Waals surface area contributed by atoms with Crippen LogP contribution in [-0.2, 0) is 22.6 Å². The highest BCUT2D eigenvalue weighted by atomic mass is 35.5. The number of carbonyl (C=O) groups excluding carboxylic acids is 2. The van der Waals surface area contributed by atoms with Crippen LogP contribution in [0.2, 0.25) is 10.0 Å². The molecule has 0 fully saturated rings. The van der Waals surface area contributed by atoms with E-state index in [1.54, 1.807) is 17.0 Å². The van der Waals surface area contributed by atoms with E-state index in [0.29, 0.717) is 28.8 Å². The number of rotatable bonds is 11. The van der Waals surface area contributed by atoms with Gasteiger partial charge in [-0.3, -0.25) is 9.59 Å². The van der Waals surface area contributed by atoms with Gasteiger partial charge in [-0.2, -0.15) is 0 Å². The van der Waals surface area contributed by atoms with Gasteiger partial charge in [0, 0.05) is 29.6 Å². The number of ether oxygens (including phenoxy) is 1. The van der Waals surface area contributed by atoms with Gasteiger partial charge in [0.15, 0.2) is 6.61 Å². The molecule has 0 bridgehead atoms. The summed E-state index contributed by atoms with van der Waals surface area (Å²) in [5.74, 6) is 0.0771. The molecule has 5 nitrogen and oxygen atoms in total. The molecule has 0 aliphatic rings. The van der Waals surface area contributed by atoms with Crippen molar-refractivity contribution >= 4 is 35.0 Å². The molecule has 36 heavy (non-hydrogen) atoms.